The molecule has 0 fully saturated rings. The highest BCUT2D eigenvalue weighted by Gasteiger charge is 2.07. The monoisotopic (exact) mass is 414 g/mol. The number of ether oxygens (including phenoxy) is 1. The minimum atomic E-state index is -0.108. The van der Waals surface area contributed by atoms with Gasteiger partial charge >= 0.3 is 0 Å². The summed E-state index contributed by atoms with van der Waals surface area (Å²) in [6.45, 7) is 2.58. The molecule has 4 nitrogen and oxygen atoms in total. The minimum absolute atomic E-state index is 0.108. The van der Waals surface area contributed by atoms with Gasteiger partial charge < -0.3 is 10.1 Å². The van der Waals surface area contributed by atoms with Crippen LogP contribution in [0.15, 0.2) is 84.2 Å². The quantitative estimate of drug-likeness (QED) is 0.411. The maximum Gasteiger partial charge on any atom is 0.251 e. The van der Waals surface area contributed by atoms with E-state index in [1.807, 2.05) is 49.4 Å². The summed E-state index contributed by atoms with van der Waals surface area (Å²) in [4.78, 5) is 17.0. The van der Waals surface area contributed by atoms with E-state index in [2.05, 4.69) is 39.9 Å². The number of amides is 1. The third-order valence-electron chi connectivity index (χ3n) is 4.64. The fraction of sp³-hybridized carbons (Fsp3) is 0.120. The molecule has 1 aromatic heterocycles. The summed E-state index contributed by atoms with van der Waals surface area (Å²) in [6.07, 6.45) is 0.766. The van der Waals surface area contributed by atoms with Crippen molar-refractivity contribution < 1.29 is 9.53 Å². The first-order valence-electron chi connectivity index (χ1n) is 9.80. The number of nitrogens with zero attached hydrogens (tertiary/aromatic N) is 1. The zero-order valence-corrected chi connectivity index (χ0v) is 17.5. The van der Waals surface area contributed by atoms with E-state index in [4.69, 9.17) is 4.74 Å². The molecule has 0 aliphatic heterocycles. The van der Waals surface area contributed by atoms with Gasteiger partial charge in [-0.15, -0.1) is 11.3 Å². The molecule has 3 aromatic carbocycles. The summed E-state index contributed by atoms with van der Waals surface area (Å²) in [5.74, 6) is 1.27. The lowest BCUT2D eigenvalue weighted by atomic mass is 10.1. The molecule has 0 bridgehead atoms. The Morgan fingerprint density at radius 1 is 0.967 bits per heavy atom. The Balaban J connectivity index is 1.31. The molecule has 0 saturated heterocycles. The maximum atomic E-state index is 12.5. The van der Waals surface area contributed by atoms with Crippen LogP contribution in [0.2, 0.25) is 0 Å². The molecule has 4 rings (SSSR count). The van der Waals surface area contributed by atoms with Crippen LogP contribution in [0.4, 0.5) is 0 Å². The van der Waals surface area contributed by atoms with Gasteiger partial charge in [0.25, 0.3) is 5.91 Å². The number of carbonyl (C=O) groups excluding carboxylic acids is 1. The van der Waals surface area contributed by atoms with Crippen molar-refractivity contribution in [1.29, 1.82) is 0 Å². The Labute approximate surface area is 180 Å². The fourth-order valence-electron chi connectivity index (χ4n) is 3.09. The van der Waals surface area contributed by atoms with E-state index in [-0.39, 0.29) is 5.91 Å². The first kappa shape index (κ1) is 19.9. The molecular weight excluding hydrogens is 392 g/mol. The largest absolute Gasteiger partial charge is 0.457 e. The number of rotatable bonds is 7. The standard InChI is InChI=1S/C25H22N2O2S/c1-18-27-24(17-30-18)20-12-10-19(11-13-20)14-15-26-25(28)21-6-5-9-23(16-21)29-22-7-3-2-4-8-22/h2-13,16-17H,14-15H2,1H3,(H,26,28). The number of para-hydroxylation sites is 1. The molecule has 0 saturated carbocycles. The summed E-state index contributed by atoms with van der Waals surface area (Å²) >= 11 is 1.65. The fourth-order valence-corrected chi connectivity index (χ4v) is 3.71. The van der Waals surface area contributed by atoms with Crippen LogP contribution in [0.5, 0.6) is 11.5 Å². The van der Waals surface area contributed by atoms with E-state index in [0.717, 1.165) is 28.4 Å². The highest BCUT2D eigenvalue weighted by molar-refractivity contribution is 7.09. The van der Waals surface area contributed by atoms with Gasteiger partial charge in [-0.3, -0.25) is 4.79 Å². The van der Waals surface area contributed by atoms with Crippen LogP contribution in [0, 0.1) is 6.92 Å². The van der Waals surface area contributed by atoms with Crippen molar-refractivity contribution in [3.8, 4) is 22.8 Å². The lowest BCUT2D eigenvalue weighted by Gasteiger charge is -2.09. The average Bonchev–Trinajstić information content (AvgIpc) is 3.21. The van der Waals surface area contributed by atoms with Gasteiger partial charge in [-0.2, -0.15) is 0 Å². The van der Waals surface area contributed by atoms with Gasteiger partial charge in [-0.25, -0.2) is 4.98 Å². The second kappa shape index (κ2) is 9.37. The number of thiazole rings is 1. The normalized spacial score (nSPS) is 10.6. The van der Waals surface area contributed by atoms with Crippen LogP contribution in [0.1, 0.15) is 20.9 Å². The van der Waals surface area contributed by atoms with Crippen molar-refractivity contribution >= 4 is 17.2 Å². The van der Waals surface area contributed by atoms with Crippen molar-refractivity contribution in [3.63, 3.8) is 0 Å². The van der Waals surface area contributed by atoms with Crippen LogP contribution in [0.3, 0.4) is 0 Å². The number of benzene rings is 3. The molecule has 0 aliphatic rings. The van der Waals surface area contributed by atoms with E-state index < -0.39 is 0 Å². The molecule has 150 valence electrons. The summed E-state index contributed by atoms with van der Waals surface area (Å²) < 4.78 is 5.81. The maximum absolute atomic E-state index is 12.5. The number of hydrogen-bond acceptors (Lipinski definition) is 4. The Kier molecular flexibility index (Phi) is 6.20. The molecule has 0 unspecified atom stereocenters. The number of aryl methyl sites for hydroxylation is 1. The van der Waals surface area contributed by atoms with E-state index in [0.29, 0.717) is 17.9 Å². The second-order valence-corrected chi connectivity index (χ2v) is 7.96. The van der Waals surface area contributed by atoms with E-state index in [1.54, 1.807) is 23.5 Å². The number of aromatic nitrogens is 1. The summed E-state index contributed by atoms with van der Waals surface area (Å²) in [7, 11) is 0. The molecule has 1 heterocycles. The topological polar surface area (TPSA) is 51.2 Å². The van der Waals surface area contributed by atoms with Gasteiger partial charge in [0, 0.05) is 23.1 Å². The summed E-state index contributed by atoms with van der Waals surface area (Å²) in [5, 5.41) is 6.12. The molecule has 4 aromatic rings. The van der Waals surface area contributed by atoms with Crippen LogP contribution < -0.4 is 10.1 Å². The lowest BCUT2D eigenvalue weighted by molar-refractivity contribution is 0.0954. The van der Waals surface area contributed by atoms with Crippen LogP contribution in [0.25, 0.3) is 11.3 Å². The van der Waals surface area contributed by atoms with Gasteiger partial charge in [0.05, 0.1) is 10.7 Å². The van der Waals surface area contributed by atoms with Crippen molar-refractivity contribution in [1.82, 2.24) is 10.3 Å². The van der Waals surface area contributed by atoms with Gasteiger partial charge in [-0.05, 0) is 49.2 Å². The van der Waals surface area contributed by atoms with Crippen LogP contribution >= 0.6 is 11.3 Å². The Morgan fingerprint density at radius 3 is 2.47 bits per heavy atom. The first-order valence-corrected chi connectivity index (χ1v) is 10.7. The van der Waals surface area contributed by atoms with Crippen molar-refractivity contribution in [2.24, 2.45) is 0 Å². The SMILES string of the molecule is Cc1nc(-c2ccc(CCNC(=O)c3cccc(Oc4ccccc4)c3)cc2)cs1. The second-order valence-electron chi connectivity index (χ2n) is 6.90. The summed E-state index contributed by atoms with van der Waals surface area (Å²) in [5.41, 5.74) is 3.88. The highest BCUT2D eigenvalue weighted by Crippen LogP contribution is 2.23. The first-order chi connectivity index (χ1) is 14.7. The van der Waals surface area contributed by atoms with Crippen molar-refractivity contribution in [2.75, 3.05) is 6.54 Å². The van der Waals surface area contributed by atoms with Gasteiger partial charge in [0.1, 0.15) is 11.5 Å². The molecule has 1 amide bonds. The highest BCUT2D eigenvalue weighted by atomic mass is 32.1. The molecule has 30 heavy (non-hydrogen) atoms. The van der Waals surface area contributed by atoms with E-state index in [9.17, 15) is 4.79 Å². The molecule has 0 spiro atoms. The van der Waals surface area contributed by atoms with Gasteiger partial charge in [0.15, 0.2) is 0 Å². The number of hydrogen-bond donors (Lipinski definition) is 1. The Bertz CT molecular complexity index is 1120. The predicted octanol–water partition coefficient (Wildman–Crippen LogP) is 5.88. The predicted molar refractivity (Wildman–Crippen MR) is 121 cm³/mol. The van der Waals surface area contributed by atoms with Crippen molar-refractivity contribution in [2.45, 2.75) is 13.3 Å². The smallest absolute Gasteiger partial charge is 0.251 e. The number of carbonyl (C=O) groups is 1. The molecule has 0 aliphatic carbocycles. The zero-order chi connectivity index (χ0) is 20.8. The molecule has 0 atom stereocenters. The molecule has 1 N–H and O–H groups in total. The van der Waals surface area contributed by atoms with E-state index >= 15 is 0 Å². The Morgan fingerprint density at radius 2 is 1.73 bits per heavy atom. The minimum Gasteiger partial charge on any atom is -0.457 e. The molecule has 0 radical (unpaired) electrons. The zero-order valence-electron chi connectivity index (χ0n) is 16.7. The van der Waals surface area contributed by atoms with Gasteiger partial charge in [0.2, 0.25) is 0 Å². The van der Waals surface area contributed by atoms with Gasteiger partial charge in [-0.1, -0.05) is 48.5 Å². The molecular formula is C25H22N2O2S. The summed E-state index contributed by atoms with van der Waals surface area (Å²) in [6, 6.07) is 25.1. The van der Waals surface area contributed by atoms with Crippen molar-refractivity contribution in [3.05, 3.63) is 100 Å². The van der Waals surface area contributed by atoms with Crippen LogP contribution in [-0.2, 0) is 6.42 Å². The number of nitrogens with one attached hydrogen (secondary N) is 1. The third-order valence-corrected chi connectivity index (χ3v) is 5.42. The Hall–Kier alpha value is -3.44. The third kappa shape index (κ3) is 5.13. The van der Waals surface area contributed by atoms with Crippen LogP contribution in [-0.4, -0.2) is 17.4 Å². The van der Waals surface area contributed by atoms with E-state index in [1.165, 1.54) is 5.56 Å². The molecule has 5 heteroatoms. The average molecular weight is 415 g/mol. The lowest BCUT2D eigenvalue weighted by Crippen LogP contribution is -2.25.